The number of benzene rings is 1. The van der Waals surface area contributed by atoms with Gasteiger partial charge in [0.1, 0.15) is 5.75 Å². The van der Waals surface area contributed by atoms with Crippen LogP contribution in [0, 0.1) is 6.92 Å². The van der Waals surface area contributed by atoms with Crippen molar-refractivity contribution >= 4 is 36.0 Å². The molecule has 1 aromatic carbocycles. The Morgan fingerprint density at radius 1 is 1.25 bits per heavy atom. The van der Waals surface area contributed by atoms with Crippen molar-refractivity contribution in [2.75, 3.05) is 39.9 Å². The maximum atomic E-state index is 11.7. The van der Waals surface area contributed by atoms with Gasteiger partial charge in [-0.2, -0.15) is 0 Å². The molecule has 0 radical (unpaired) electrons. The minimum Gasteiger partial charge on any atom is -0.494 e. The Bertz CT molecular complexity index is 602. The Balaban J connectivity index is 0.00000392. The van der Waals surface area contributed by atoms with Crippen LogP contribution in [0.1, 0.15) is 31.7 Å². The third-order valence-electron chi connectivity index (χ3n) is 4.49. The summed E-state index contributed by atoms with van der Waals surface area (Å²) in [7, 11) is 1.77. The lowest BCUT2D eigenvalue weighted by Crippen LogP contribution is -2.50. The zero-order valence-electron chi connectivity index (χ0n) is 17.1. The van der Waals surface area contributed by atoms with Gasteiger partial charge in [-0.1, -0.05) is 17.7 Å². The number of nitrogens with zero attached hydrogens (tertiary/aromatic N) is 2. The van der Waals surface area contributed by atoms with Gasteiger partial charge in [0.25, 0.3) is 0 Å². The molecule has 0 saturated carbocycles. The topological polar surface area (TPSA) is 75.2 Å². The number of piperidine rings is 1. The lowest BCUT2D eigenvalue weighted by Gasteiger charge is -2.32. The van der Waals surface area contributed by atoms with Crippen LogP contribution in [-0.2, 0) is 4.74 Å². The highest BCUT2D eigenvalue weighted by molar-refractivity contribution is 14.0. The quantitative estimate of drug-likeness (QED) is 0.258. The van der Waals surface area contributed by atoms with Crippen LogP contribution in [0.4, 0.5) is 4.79 Å². The number of rotatable bonds is 7. The predicted octanol–water partition coefficient (Wildman–Crippen LogP) is 3.17. The van der Waals surface area contributed by atoms with Gasteiger partial charge in [-0.15, -0.1) is 24.0 Å². The second-order valence-corrected chi connectivity index (χ2v) is 6.62. The number of likely N-dealkylation sites (tertiary alicyclic amines) is 1. The highest BCUT2D eigenvalue weighted by Gasteiger charge is 2.23. The number of halogens is 1. The van der Waals surface area contributed by atoms with Crippen molar-refractivity contribution in [3.63, 3.8) is 0 Å². The largest absolute Gasteiger partial charge is 0.494 e. The van der Waals surface area contributed by atoms with Gasteiger partial charge in [-0.05, 0) is 45.2 Å². The SMILES string of the molecule is CCOC(=O)N1CCC(NC(=NC)NCCCOc2ccc(C)cc2)CC1.I. The van der Waals surface area contributed by atoms with E-state index in [0.717, 1.165) is 37.5 Å². The summed E-state index contributed by atoms with van der Waals surface area (Å²) in [5.74, 6) is 1.69. The van der Waals surface area contributed by atoms with Gasteiger partial charge >= 0.3 is 6.09 Å². The molecule has 7 nitrogen and oxygen atoms in total. The van der Waals surface area contributed by atoms with Gasteiger partial charge in [-0.3, -0.25) is 4.99 Å². The molecule has 0 aromatic heterocycles. The summed E-state index contributed by atoms with van der Waals surface area (Å²) in [6.45, 7) is 7.16. The summed E-state index contributed by atoms with van der Waals surface area (Å²) < 4.78 is 10.8. The van der Waals surface area contributed by atoms with E-state index in [1.165, 1.54) is 5.56 Å². The Morgan fingerprint density at radius 3 is 2.54 bits per heavy atom. The lowest BCUT2D eigenvalue weighted by molar-refractivity contribution is 0.0963. The number of aliphatic imine (C=N–C) groups is 1. The van der Waals surface area contributed by atoms with Crippen molar-refractivity contribution in [3.05, 3.63) is 29.8 Å². The maximum absolute atomic E-state index is 11.7. The number of nitrogens with one attached hydrogen (secondary N) is 2. The molecule has 0 bridgehead atoms. The van der Waals surface area contributed by atoms with Gasteiger partial charge in [-0.25, -0.2) is 4.79 Å². The maximum Gasteiger partial charge on any atom is 0.409 e. The van der Waals surface area contributed by atoms with Crippen molar-refractivity contribution in [1.82, 2.24) is 15.5 Å². The van der Waals surface area contributed by atoms with E-state index < -0.39 is 0 Å². The molecular weight excluding hydrogens is 471 g/mol. The molecule has 2 rings (SSSR count). The molecule has 158 valence electrons. The highest BCUT2D eigenvalue weighted by atomic mass is 127. The summed E-state index contributed by atoms with van der Waals surface area (Å²) in [6, 6.07) is 8.39. The fourth-order valence-electron chi connectivity index (χ4n) is 2.91. The van der Waals surface area contributed by atoms with Crippen LogP contribution in [0.2, 0.25) is 0 Å². The van der Waals surface area contributed by atoms with Crippen LogP contribution in [0.3, 0.4) is 0 Å². The first-order chi connectivity index (χ1) is 13.1. The molecule has 8 heteroatoms. The molecule has 28 heavy (non-hydrogen) atoms. The first kappa shape index (κ1) is 24.3. The number of guanidine groups is 1. The van der Waals surface area contributed by atoms with Crippen molar-refractivity contribution < 1.29 is 14.3 Å². The summed E-state index contributed by atoms with van der Waals surface area (Å²) in [4.78, 5) is 17.8. The van der Waals surface area contributed by atoms with Crippen molar-refractivity contribution in [1.29, 1.82) is 0 Å². The van der Waals surface area contributed by atoms with Crippen LogP contribution < -0.4 is 15.4 Å². The van der Waals surface area contributed by atoms with E-state index in [-0.39, 0.29) is 30.1 Å². The molecule has 2 N–H and O–H groups in total. The van der Waals surface area contributed by atoms with E-state index in [1.807, 2.05) is 31.2 Å². The first-order valence-corrected chi connectivity index (χ1v) is 9.70. The first-order valence-electron chi connectivity index (χ1n) is 9.70. The lowest BCUT2D eigenvalue weighted by atomic mass is 10.1. The van der Waals surface area contributed by atoms with E-state index in [1.54, 1.807) is 11.9 Å². The summed E-state index contributed by atoms with van der Waals surface area (Å²) in [5, 5.41) is 6.75. The third kappa shape index (κ3) is 8.53. The van der Waals surface area contributed by atoms with Crippen molar-refractivity contribution in [3.8, 4) is 5.75 Å². The molecule has 1 saturated heterocycles. The molecule has 0 spiro atoms. The number of hydrogen-bond donors (Lipinski definition) is 2. The van der Waals surface area contributed by atoms with Crippen LogP contribution in [0.25, 0.3) is 0 Å². The molecule has 1 heterocycles. The second-order valence-electron chi connectivity index (χ2n) is 6.62. The standard InChI is InChI=1S/C20H32N4O3.HI/c1-4-26-20(25)24-13-10-17(11-14-24)23-19(21-3)22-12-5-15-27-18-8-6-16(2)7-9-18;/h6-9,17H,4-5,10-15H2,1-3H3,(H2,21,22,23);1H. The normalized spacial score (nSPS) is 14.8. The fourth-order valence-corrected chi connectivity index (χ4v) is 2.91. The van der Waals surface area contributed by atoms with Gasteiger partial charge < -0.3 is 25.0 Å². The minimum atomic E-state index is -0.216. The van der Waals surface area contributed by atoms with Crippen molar-refractivity contribution in [2.45, 2.75) is 39.2 Å². The zero-order valence-corrected chi connectivity index (χ0v) is 19.4. The summed E-state index contributed by atoms with van der Waals surface area (Å²) >= 11 is 0. The zero-order chi connectivity index (χ0) is 19.5. The molecular formula is C20H33IN4O3. The molecule has 1 aliphatic rings. The fraction of sp³-hybridized carbons (Fsp3) is 0.600. The molecule has 1 fully saturated rings. The number of carbonyl (C=O) groups is 1. The molecule has 1 aliphatic heterocycles. The Kier molecular flexibility index (Phi) is 11.7. The predicted molar refractivity (Wildman–Crippen MR) is 123 cm³/mol. The molecule has 0 atom stereocenters. The van der Waals surface area contributed by atoms with Crippen molar-refractivity contribution in [2.24, 2.45) is 4.99 Å². The molecule has 0 aliphatic carbocycles. The third-order valence-corrected chi connectivity index (χ3v) is 4.49. The monoisotopic (exact) mass is 504 g/mol. The number of carbonyl (C=O) groups excluding carboxylic acids is 1. The van der Waals surface area contributed by atoms with E-state index in [2.05, 4.69) is 22.5 Å². The Labute approximate surface area is 185 Å². The average molecular weight is 504 g/mol. The summed E-state index contributed by atoms with van der Waals surface area (Å²) in [6.07, 6.45) is 2.44. The highest BCUT2D eigenvalue weighted by Crippen LogP contribution is 2.12. The van der Waals surface area contributed by atoms with E-state index in [4.69, 9.17) is 9.47 Å². The second kappa shape index (κ2) is 13.5. The van der Waals surface area contributed by atoms with Crippen LogP contribution in [0.15, 0.2) is 29.3 Å². The number of ether oxygens (including phenoxy) is 2. The minimum absolute atomic E-state index is 0. The van der Waals surface area contributed by atoms with Gasteiger partial charge in [0.2, 0.25) is 0 Å². The number of aryl methyl sites for hydroxylation is 1. The van der Waals surface area contributed by atoms with Crippen LogP contribution >= 0.6 is 24.0 Å². The Morgan fingerprint density at radius 2 is 1.93 bits per heavy atom. The van der Waals surface area contributed by atoms with Crippen LogP contribution in [0.5, 0.6) is 5.75 Å². The molecule has 0 unspecified atom stereocenters. The van der Waals surface area contributed by atoms with Gasteiger partial charge in [0.05, 0.1) is 13.2 Å². The van der Waals surface area contributed by atoms with E-state index in [0.29, 0.717) is 32.3 Å². The van der Waals surface area contributed by atoms with Crippen LogP contribution in [-0.4, -0.2) is 62.9 Å². The van der Waals surface area contributed by atoms with Gasteiger partial charge in [0.15, 0.2) is 5.96 Å². The van der Waals surface area contributed by atoms with E-state index >= 15 is 0 Å². The number of hydrogen-bond acceptors (Lipinski definition) is 4. The average Bonchev–Trinajstić information content (AvgIpc) is 2.69. The molecule has 1 amide bonds. The van der Waals surface area contributed by atoms with E-state index in [9.17, 15) is 4.79 Å². The summed E-state index contributed by atoms with van der Waals surface area (Å²) in [5.41, 5.74) is 1.23. The number of amides is 1. The Hall–Kier alpha value is -1.71. The smallest absolute Gasteiger partial charge is 0.409 e. The molecule has 1 aromatic rings. The van der Waals surface area contributed by atoms with Gasteiger partial charge in [0, 0.05) is 32.7 Å².